The Morgan fingerprint density at radius 3 is 2.37 bits per heavy atom. The summed E-state index contributed by atoms with van der Waals surface area (Å²) in [6.45, 7) is 8.20. The van der Waals surface area contributed by atoms with E-state index in [-0.39, 0.29) is 18.0 Å². The van der Waals surface area contributed by atoms with Crippen LogP contribution in [0.15, 0.2) is 95.7 Å². The van der Waals surface area contributed by atoms with Crippen molar-refractivity contribution in [1.82, 2.24) is 9.80 Å². The molecule has 2 aliphatic rings. The first-order valence-corrected chi connectivity index (χ1v) is 18.3. The number of nitrogens with zero attached hydrogens (tertiary/aromatic N) is 2. The van der Waals surface area contributed by atoms with E-state index in [4.69, 9.17) is 27.9 Å². The fourth-order valence-corrected chi connectivity index (χ4v) is 8.52. The second-order valence-corrected chi connectivity index (χ2v) is 14.8. The van der Waals surface area contributed by atoms with Crippen LogP contribution < -0.4 is 0 Å². The lowest BCUT2D eigenvalue weighted by Gasteiger charge is -2.36. The number of ether oxygens (including phenoxy) is 1. The summed E-state index contributed by atoms with van der Waals surface area (Å²) in [5, 5.41) is 5.96. The fraction of sp³-hybridized carbons (Fsp3) is 0.410. The zero-order valence-corrected chi connectivity index (χ0v) is 28.9. The predicted molar refractivity (Wildman–Crippen MR) is 191 cm³/mol. The maximum absolute atomic E-state index is 13.3. The Hall–Kier alpha value is -2.67. The molecule has 3 aromatic carbocycles. The second-order valence-electron chi connectivity index (χ2n) is 13.2. The highest BCUT2D eigenvalue weighted by Gasteiger charge is 2.36. The lowest BCUT2D eigenvalue weighted by Crippen LogP contribution is -2.39. The molecule has 2 unspecified atom stereocenters. The number of carbonyl (C=O) groups excluding carboxylic acids is 1. The normalized spacial score (nSPS) is 20.8. The van der Waals surface area contributed by atoms with E-state index in [9.17, 15) is 4.79 Å². The summed E-state index contributed by atoms with van der Waals surface area (Å²) < 4.78 is 6.26. The van der Waals surface area contributed by atoms with E-state index in [1.807, 2.05) is 55.5 Å². The molecular formula is C39H44Cl2N2O2S. The molecule has 3 heterocycles. The van der Waals surface area contributed by atoms with Gasteiger partial charge in [-0.15, -0.1) is 0 Å². The third-order valence-corrected chi connectivity index (χ3v) is 11.2. The molecule has 0 saturated carbocycles. The van der Waals surface area contributed by atoms with Crippen LogP contribution >= 0.6 is 34.5 Å². The molecule has 242 valence electrons. The third-order valence-electron chi connectivity index (χ3n) is 9.94. The van der Waals surface area contributed by atoms with Crippen molar-refractivity contribution in [2.45, 2.75) is 57.1 Å². The maximum atomic E-state index is 13.3. The fourth-order valence-electron chi connectivity index (χ4n) is 7.33. The van der Waals surface area contributed by atoms with Gasteiger partial charge < -0.3 is 9.64 Å². The van der Waals surface area contributed by atoms with E-state index < -0.39 is 0 Å². The summed E-state index contributed by atoms with van der Waals surface area (Å²) in [5.41, 5.74) is 4.82. The van der Waals surface area contributed by atoms with Gasteiger partial charge in [-0.2, -0.15) is 11.3 Å². The number of piperidine rings is 1. The molecule has 0 spiro atoms. The van der Waals surface area contributed by atoms with E-state index in [0.29, 0.717) is 22.8 Å². The van der Waals surface area contributed by atoms with Gasteiger partial charge in [-0.3, -0.25) is 9.69 Å². The van der Waals surface area contributed by atoms with Gasteiger partial charge in [0.25, 0.3) is 0 Å². The summed E-state index contributed by atoms with van der Waals surface area (Å²) >= 11 is 14.5. The molecule has 2 saturated heterocycles. The van der Waals surface area contributed by atoms with Gasteiger partial charge in [0.1, 0.15) is 6.10 Å². The highest BCUT2D eigenvalue weighted by Crippen LogP contribution is 2.37. The van der Waals surface area contributed by atoms with Gasteiger partial charge in [0.05, 0.1) is 5.92 Å². The molecule has 4 aromatic rings. The summed E-state index contributed by atoms with van der Waals surface area (Å²) in [5.74, 6) is 1.23. The first-order chi connectivity index (χ1) is 22.4. The average molecular weight is 676 g/mol. The molecular weight excluding hydrogens is 631 g/mol. The smallest absolute Gasteiger partial charge is 0.313 e. The Balaban J connectivity index is 1.06. The summed E-state index contributed by atoms with van der Waals surface area (Å²) in [7, 11) is 0. The molecule has 4 atom stereocenters. The molecule has 6 rings (SSSR count). The van der Waals surface area contributed by atoms with Crippen molar-refractivity contribution in [2.75, 3.05) is 32.7 Å². The summed E-state index contributed by atoms with van der Waals surface area (Å²) in [4.78, 5) is 18.5. The monoisotopic (exact) mass is 674 g/mol. The van der Waals surface area contributed by atoms with Gasteiger partial charge >= 0.3 is 5.97 Å². The molecule has 4 nitrogen and oxygen atoms in total. The minimum atomic E-state index is -0.279. The van der Waals surface area contributed by atoms with Crippen LogP contribution in [0.2, 0.25) is 10.0 Å². The van der Waals surface area contributed by atoms with Crippen molar-refractivity contribution in [3.05, 3.63) is 128 Å². The van der Waals surface area contributed by atoms with Crippen LogP contribution in [0.4, 0.5) is 0 Å². The highest BCUT2D eigenvalue weighted by atomic mass is 35.5. The van der Waals surface area contributed by atoms with E-state index in [0.717, 1.165) is 81.1 Å². The van der Waals surface area contributed by atoms with Crippen molar-refractivity contribution in [3.8, 4) is 0 Å². The summed E-state index contributed by atoms with van der Waals surface area (Å²) in [6.07, 6.45) is 3.82. The zero-order chi connectivity index (χ0) is 31.9. The van der Waals surface area contributed by atoms with Gasteiger partial charge in [0, 0.05) is 48.6 Å². The Labute approximate surface area is 288 Å². The molecule has 0 N–H and O–H groups in total. The number of likely N-dealkylation sites (tertiary alicyclic amines) is 2. The molecule has 0 amide bonds. The van der Waals surface area contributed by atoms with Crippen LogP contribution in [0.3, 0.4) is 0 Å². The number of esters is 1. The van der Waals surface area contributed by atoms with Crippen LogP contribution in [0.1, 0.15) is 60.3 Å². The van der Waals surface area contributed by atoms with Gasteiger partial charge in [-0.05, 0) is 102 Å². The van der Waals surface area contributed by atoms with Crippen molar-refractivity contribution in [3.63, 3.8) is 0 Å². The van der Waals surface area contributed by atoms with E-state index >= 15 is 0 Å². The zero-order valence-electron chi connectivity index (χ0n) is 26.6. The van der Waals surface area contributed by atoms with Crippen LogP contribution in [0.5, 0.6) is 0 Å². The van der Waals surface area contributed by atoms with E-state index in [2.05, 4.69) is 57.0 Å². The van der Waals surface area contributed by atoms with E-state index in [1.54, 1.807) is 11.3 Å². The SMILES string of the molecule is C[C@H](C(=O)O[C@H](Cc1ccccc1)CC1CCN(CC2CN(Cc3ccc(Cl)cc3Cl)CC2c2ccsc2)CC1)c1ccccc1. The molecule has 0 bridgehead atoms. The molecule has 0 aliphatic carbocycles. The molecule has 46 heavy (non-hydrogen) atoms. The maximum Gasteiger partial charge on any atom is 0.313 e. The quantitative estimate of drug-likeness (QED) is 0.140. The Kier molecular flexibility index (Phi) is 11.5. The number of benzene rings is 3. The minimum absolute atomic E-state index is 0.122. The van der Waals surface area contributed by atoms with Crippen molar-refractivity contribution >= 4 is 40.5 Å². The highest BCUT2D eigenvalue weighted by molar-refractivity contribution is 7.08. The van der Waals surface area contributed by atoms with Gasteiger partial charge in [-0.25, -0.2) is 0 Å². The van der Waals surface area contributed by atoms with Gasteiger partial charge in [0.15, 0.2) is 0 Å². The van der Waals surface area contributed by atoms with E-state index in [1.165, 1.54) is 11.1 Å². The number of rotatable bonds is 12. The lowest BCUT2D eigenvalue weighted by atomic mass is 9.87. The number of hydrogen-bond donors (Lipinski definition) is 0. The average Bonchev–Trinajstić information content (AvgIpc) is 3.74. The number of halogens is 2. The van der Waals surface area contributed by atoms with Crippen molar-refractivity contribution in [2.24, 2.45) is 11.8 Å². The predicted octanol–water partition coefficient (Wildman–Crippen LogP) is 9.33. The van der Waals surface area contributed by atoms with Crippen LogP contribution in [-0.2, 0) is 22.5 Å². The molecule has 0 radical (unpaired) electrons. The molecule has 7 heteroatoms. The first-order valence-electron chi connectivity index (χ1n) is 16.6. The van der Waals surface area contributed by atoms with Gasteiger partial charge in [-0.1, -0.05) is 89.9 Å². The molecule has 2 fully saturated rings. The third kappa shape index (κ3) is 8.81. The number of carbonyl (C=O) groups is 1. The largest absolute Gasteiger partial charge is 0.462 e. The molecule has 2 aliphatic heterocycles. The molecule has 1 aromatic heterocycles. The van der Waals surface area contributed by atoms with Crippen molar-refractivity contribution < 1.29 is 9.53 Å². The Morgan fingerprint density at radius 1 is 0.935 bits per heavy atom. The standard InChI is InChI=1S/C39H44Cl2N2O2S/c1-28(31-10-6-3-7-11-31)39(44)45-36(20-29-8-4-2-5-9-29)21-30-14-17-42(18-15-30)24-34-25-43(26-37(34)33-16-19-46-27-33)23-32-12-13-35(40)22-38(32)41/h2-13,16,19,22,27-28,30,34,36-37H,14-15,17-18,20-21,23-26H2,1H3/t28-,34?,36+,37?/m0/s1. The second kappa shape index (κ2) is 16.0. The van der Waals surface area contributed by atoms with Gasteiger partial charge in [0.2, 0.25) is 0 Å². The summed E-state index contributed by atoms with van der Waals surface area (Å²) in [6, 6.07) is 28.6. The van der Waals surface area contributed by atoms with Crippen LogP contribution in [0, 0.1) is 11.8 Å². The lowest BCUT2D eigenvalue weighted by molar-refractivity contribution is -0.151. The Bertz CT molecular complexity index is 1530. The number of thiophene rings is 1. The topological polar surface area (TPSA) is 32.8 Å². The van der Waals surface area contributed by atoms with Crippen molar-refractivity contribution in [1.29, 1.82) is 0 Å². The first kappa shape index (κ1) is 33.2. The van der Waals surface area contributed by atoms with Crippen LogP contribution in [0.25, 0.3) is 0 Å². The van der Waals surface area contributed by atoms with Crippen LogP contribution in [-0.4, -0.2) is 54.6 Å². The number of hydrogen-bond acceptors (Lipinski definition) is 5. The Morgan fingerprint density at radius 2 is 1.67 bits per heavy atom. The minimum Gasteiger partial charge on any atom is -0.462 e.